The molecule has 1 aliphatic heterocycles. The average Bonchev–Trinajstić information content (AvgIpc) is 2.73. The molecule has 8 heteroatoms. The number of carboxylic acids is 2. The number of benzene rings is 1. The average molecular weight is 351 g/mol. The van der Waals surface area contributed by atoms with E-state index in [1.165, 1.54) is 0 Å². The molecule has 0 unspecified atom stereocenters. The van der Waals surface area contributed by atoms with E-state index >= 15 is 0 Å². The van der Waals surface area contributed by atoms with E-state index in [-0.39, 0.29) is 9.23 Å². The van der Waals surface area contributed by atoms with E-state index in [1.807, 2.05) is 31.2 Å². The van der Waals surface area contributed by atoms with E-state index in [0.717, 1.165) is 27.8 Å². The third-order valence-corrected chi connectivity index (χ3v) is 4.49. The van der Waals surface area contributed by atoms with E-state index in [9.17, 15) is 19.5 Å². The minimum absolute atomic E-state index is 0.0435. The molecule has 6 nitrogen and oxygen atoms in total. The lowest BCUT2D eigenvalue weighted by molar-refractivity contribution is -0.150. The van der Waals surface area contributed by atoms with Gasteiger partial charge in [0.1, 0.15) is 10.4 Å². The predicted molar refractivity (Wildman–Crippen MR) is 89.9 cm³/mol. The molecule has 1 fully saturated rings. The van der Waals surface area contributed by atoms with Crippen LogP contribution in [0, 0.1) is 6.92 Å². The second kappa shape index (κ2) is 6.93. The second-order valence-corrected chi connectivity index (χ2v) is 6.59. The van der Waals surface area contributed by atoms with Crippen LogP contribution in [0.1, 0.15) is 17.5 Å². The van der Waals surface area contributed by atoms with Gasteiger partial charge >= 0.3 is 11.9 Å². The number of aryl methyl sites for hydroxylation is 1. The largest absolute Gasteiger partial charge is 0.481 e. The third-order valence-electron chi connectivity index (χ3n) is 3.16. The number of carbonyl (C=O) groups excluding carboxylic acids is 1. The monoisotopic (exact) mass is 351 g/mol. The highest BCUT2D eigenvalue weighted by atomic mass is 32.2. The molecular formula is C15H13NO5S2. The molecule has 0 saturated carbocycles. The molecule has 23 heavy (non-hydrogen) atoms. The third kappa shape index (κ3) is 3.96. The van der Waals surface area contributed by atoms with Gasteiger partial charge in [0.25, 0.3) is 5.91 Å². The molecule has 0 aromatic heterocycles. The number of carboxylic acid groups (broad SMARTS) is 2. The van der Waals surface area contributed by atoms with E-state index in [0.29, 0.717) is 0 Å². The molecule has 1 heterocycles. The lowest BCUT2D eigenvalue weighted by Crippen LogP contribution is -2.45. The Labute approximate surface area is 141 Å². The minimum Gasteiger partial charge on any atom is -0.481 e. The molecule has 2 N–H and O–H groups in total. The number of thiocarbonyl (C=S) groups is 1. The Bertz CT molecular complexity index is 711. The van der Waals surface area contributed by atoms with Crippen LogP contribution in [-0.4, -0.2) is 43.3 Å². The van der Waals surface area contributed by atoms with E-state index < -0.39 is 30.3 Å². The maximum absolute atomic E-state index is 12.4. The summed E-state index contributed by atoms with van der Waals surface area (Å²) in [6, 6.07) is 5.92. The molecule has 0 bridgehead atoms. The quantitative estimate of drug-likeness (QED) is 0.620. The second-order valence-electron chi connectivity index (χ2n) is 4.91. The molecule has 2 rings (SSSR count). The van der Waals surface area contributed by atoms with Crippen molar-refractivity contribution in [1.82, 2.24) is 4.90 Å². The molecule has 120 valence electrons. The number of thioether (sulfide) groups is 1. The fourth-order valence-electron chi connectivity index (χ4n) is 2.02. The van der Waals surface area contributed by atoms with Gasteiger partial charge in [-0.05, 0) is 18.6 Å². The van der Waals surface area contributed by atoms with Gasteiger partial charge in [0.2, 0.25) is 0 Å². The number of amides is 1. The summed E-state index contributed by atoms with van der Waals surface area (Å²) in [7, 11) is 0. The first-order valence-corrected chi connectivity index (χ1v) is 7.80. The fraction of sp³-hybridized carbons (Fsp3) is 0.200. The molecule has 1 aromatic carbocycles. The highest BCUT2D eigenvalue weighted by Crippen LogP contribution is 2.34. The fourth-order valence-corrected chi connectivity index (χ4v) is 3.37. The Morgan fingerprint density at radius 1 is 1.30 bits per heavy atom. The molecule has 0 aliphatic carbocycles. The number of carbonyl (C=O) groups is 3. The van der Waals surface area contributed by atoms with Gasteiger partial charge < -0.3 is 10.2 Å². The van der Waals surface area contributed by atoms with Crippen molar-refractivity contribution in [2.75, 3.05) is 0 Å². The van der Waals surface area contributed by atoms with Crippen LogP contribution >= 0.6 is 24.0 Å². The van der Waals surface area contributed by atoms with Crippen LogP contribution in [0.3, 0.4) is 0 Å². The van der Waals surface area contributed by atoms with Gasteiger partial charge in [0.05, 0.1) is 11.3 Å². The van der Waals surface area contributed by atoms with Crippen molar-refractivity contribution in [2.45, 2.75) is 19.4 Å². The number of hydrogen-bond acceptors (Lipinski definition) is 5. The van der Waals surface area contributed by atoms with Gasteiger partial charge in [-0.25, -0.2) is 4.79 Å². The van der Waals surface area contributed by atoms with Gasteiger partial charge in [-0.3, -0.25) is 14.5 Å². The first kappa shape index (κ1) is 17.2. The smallest absolute Gasteiger partial charge is 0.327 e. The molecule has 0 radical (unpaired) electrons. The first-order chi connectivity index (χ1) is 10.8. The summed E-state index contributed by atoms with van der Waals surface area (Å²) in [5.74, 6) is -3.30. The summed E-state index contributed by atoms with van der Waals surface area (Å²) < 4.78 is 0.0435. The van der Waals surface area contributed by atoms with Gasteiger partial charge in [0.15, 0.2) is 0 Å². The van der Waals surface area contributed by atoms with Crippen LogP contribution in [0.4, 0.5) is 0 Å². The van der Waals surface area contributed by atoms with Crippen molar-refractivity contribution in [3.63, 3.8) is 0 Å². The molecular weight excluding hydrogens is 338 g/mol. The zero-order chi connectivity index (χ0) is 17.1. The zero-order valence-electron chi connectivity index (χ0n) is 12.1. The highest BCUT2D eigenvalue weighted by Gasteiger charge is 2.41. The maximum atomic E-state index is 12.4. The zero-order valence-corrected chi connectivity index (χ0v) is 13.7. The summed E-state index contributed by atoms with van der Waals surface area (Å²) in [6.45, 7) is 1.94. The van der Waals surface area contributed by atoms with Gasteiger partial charge in [-0.1, -0.05) is 53.8 Å². The summed E-state index contributed by atoms with van der Waals surface area (Å²) in [6.07, 6.45) is 0.901. The van der Waals surface area contributed by atoms with E-state index in [4.69, 9.17) is 17.3 Å². The van der Waals surface area contributed by atoms with Gasteiger partial charge in [0, 0.05) is 0 Å². The van der Waals surface area contributed by atoms with Crippen molar-refractivity contribution in [3.05, 3.63) is 40.3 Å². The molecule has 1 amide bonds. The van der Waals surface area contributed by atoms with Crippen molar-refractivity contribution >= 4 is 52.2 Å². The number of rotatable bonds is 5. The molecule has 1 aromatic rings. The standard InChI is InChI=1S/C15H13NO5S2/c1-8-2-4-9(5-3-8)6-11-13(19)16(15(22)23-11)10(14(20)21)7-12(17)18/h2-6,10H,7H2,1H3,(H,17,18)(H,20,21)/b11-6-/t10-/m1/s1. The SMILES string of the molecule is Cc1ccc(/C=C2\SC(=S)N([C@H](CC(=O)O)C(=O)O)C2=O)cc1. The summed E-state index contributed by atoms with van der Waals surface area (Å²) in [4.78, 5) is 35.6. The lowest BCUT2D eigenvalue weighted by atomic mass is 10.1. The van der Waals surface area contributed by atoms with Gasteiger partial charge in [-0.15, -0.1) is 0 Å². The number of nitrogens with zero attached hydrogens (tertiary/aromatic N) is 1. The molecule has 1 aliphatic rings. The summed E-state index contributed by atoms with van der Waals surface area (Å²) in [5, 5.41) is 18.0. The summed E-state index contributed by atoms with van der Waals surface area (Å²) >= 11 is 6.02. The Balaban J connectivity index is 2.30. The van der Waals surface area contributed by atoms with Crippen molar-refractivity contribution < 1.29 is 24.6 Å². The van der Waals surface area contributed by atoms with Crippen LogP contribution in [0.5, 0.6) is 0 Å². The normalized spacial score (nSPS) is 17.6. The van der Waals surface area contributed by atoms with Crippen molar-refractivity contribution in [1.29, 1.82) is 0 Å². The Morgan fingerprint density at radius 2 is 1.91 bits per heavy atom. The van der Waals surface area contributed by atoms with Crippen molar-refractivity contribution in [2.24, 2.45) is 0 Å². The highest BCUT2D eigenvalue weighted by molar-refractivity contribution is 8.26. The first-order valence-electron chi connectivity index (χ1n) is 6.58. The van der Waals surface area contributed by atoms with Crippen LogP contribution in [0.15, 0.2) is 29.2 Å². The van der Waals surface area contributed by atoms with Crippen LogP contribution in [-0.2, 0) is 14.4 Å². The minimum atomic E-state index is -1.51. The number of hydrogen-bond donors (Lipinski definition) is 2. The molecule has 0 spiro atoms. The van der Waals surface area contributed by atoms with Crippen LogP contribution in [0.25, 0.3) is 6.08 Å². The number of aliphatic carboxylic acids is 2. The predicted octanol–water partition coefficient (Wildman–Crippen LogP) is 2.12. The van der Waals surface area contributed by atoms with Crippen LogP contribution in [0.2, 0.25) is 0 Å². The van der Waals surface area contributed by atoms with Crippen molar-refractivity contribution in [3.8, 4) is 0 Å². The lowest BCUT2D eigenvalue weighted by Gasteiger charge is -2.21. The Kier molecular flexibility index (Phi) is 5.17. The molecule has 1 saturated heterocycles. The summed E-state index contributed by atoms with van der Waals surface area (Å²) in [5.41, 5.74) is 1.85. The maximum Gasteiger partial charge on any atom is 0.327 e. The van der Waals surface area contributed by atoms with E-state index in [1.54, 1.807) is 6.08 Å². The molecule has 1 atom stereocenters. The Hall–Kier alpha value is -2.19. The topological polar surface area (TPSA) is 94.9 Å². The van der Waals surface area contributed by atoms with Crippen LogP contribution < -0.4 is 0 Å². The van der Waals surface area contributed by atoms with Gasteiger partial charge in [-0.2, -0.15) is 0 Å². The van der Waals surface area contributed by atoms with E-state index in [2.05, 4.69) is 0 Å². The Morgan fingerprint density at radius 3 is 2.43 bits per heavy atom.